The first-order valence-corrected chi connectivity index (χ1v) is 6.71. The van der Waals surface area contributed by atoms with Crippen molar-refractivity contribution in [2.45, 2.75) is 26.7 Å². The van der Waals surface area contributed by atoms with Crippen molar-refractivity contribution in [2.24, 2.45) is 11.8 Å². The smallest absolute Gasteiger partial charge is 0.148 e. The molecular formula is C13H23N5O. The predicted octanol–water partition coefficient (Wildman–Crippen LogP) is 1.24. The molecule has 6 nitrogen and oxygen atoms in total. The minimum Gasteiger partial charge on any atom is -0.384 e. The van der Waals surface area contributed by atoms with Crippen LogP contribution in [0.2, 0.25) is 0 Å². The number of rotatable bonds is 4. The summed E-state index contributed by atoms with van der Waals surface area (Å²) in [4.78, 5) is 11.2. The highest BCUT2D eigenvalue weighted by Crippen LogP contribution is 2.27. The first-order valence-electron chi connectivity index (χ1n) is 6.71. The number of nitrogens with two attached hydrogens (primary N) is 1. The number of nitrogens with one attached hydrogen (secondary N) is 1. The van der Waals surface area contributed by atoms with Crippen molar-refractivity contribution in [1.82, 2.24) is 9.97 Å². The van der Waals surface area contributed by atoms with Gasteiger partial charge in [0.05, 0.1) is 6.61 Å². The fraction of sp³-hybridized carbons (Fsp3) is 0.692. The number of hydrogen-bond acceptors (Lipinski definition) is 6. The molecule has 0 amide bonds. The number of piperidine rings is 1. The van der Waals surface area contributed by atoms with E-state index in [9.17, 15) is 0 Å². The summed E-state index contributed by atoms with van der Waals surface area (Å²) in [7, 11) is 1.76. The SMILES string of the molecule is COCC1CCCN(c2nc(C)nc(NN)c2C)C1. The maximum Gasteiger partial charge on any atom is 0.148 e. The van der Waals surface area contributed by atoms with Crippen LogP contribution < -0.4 is 16.2 Å². The lowest BCUT2D eigenvalue weighted by Gasteiger charge is -2.34. The average molecular weight is 265 g/mol. The molecule has 1 aliphatic heterocycles. The summed E-state index contributed by atoms with van der Waals surface area (Å²) in [5.41, 5.74) is 3.66. The first-order chi connectivity index (χ1) is 9.15. The number of hydrogen-bond donors (Lipinski definition) is 2. The van der Waals surface area contributed by atoms with E-state index in [4.69, 9.17) is 10.6 Å². The fourth-order valence-electron chi connectivity index (χ4n) is 2.69. The second kappa shape index (κ2) is 6.16. The zero-order valence-electron chi connectivity index (χ0n) is 11.9. The van der Waals surface area contributed by atoms with Crippen LogP contribution in [0.5, 0.6) is 0 Å². The number of aryl methyl sites for hydroxylation is 1. The van der Waals surface area contributed by atoms with Crippen molar-refractivity contribution < 1.29 is 4.74 Å². The van der Waals surface area contributed by atoms with Gasteiger partial charge < -0.3 is 15.1 Å². The highest BCUT2D eigenvalue weighted by Gasteiger charge is 2.23. The minimum absolute atomic E-state index is 0.572. The third kappa shape index (κ3) is 3.13. The third-order valence-electron chi connectivity index (χ3n) is 3.59. The highest BCUT2D eigenvalue weighted by atomic mass is 16.5. The molecule has 1 atom stereocenters. The summed E-state index contributed by atoms with van der Waals surface area (Å²) in [6.45, 7) is 6.71. The van der Waals surface area contributed by atoms with Gasteiger partial charge in [-0.25, -0.2) is 15.8 Å². The summed E-state index contributed by atoms with van der Waals surface area (Å²) < 4.78 is 5.27. The number of methoxy groups -OCH3 is 1. The predicted molar refractivity (Wildman–Crippen MR) is 76.1 cm³/mol. The second-order valence-corrected chi connectivity index (χ2v) is 5.12. The summed E-state index contributed by atoms with van der Waals surface area (Å²) in [6.07, 6.45) is 2.39. The molecule has 0 aliphatic carbocycles. The van der Waals surface area contributed by atoms with E-state index in [-0.39, 0.29) is 0 Å². The van der Waals surface area contributed by atoms with Crippen molar-refractivity contribution in [3.05, 3.63) is 11.4 Å². The Balaban J connectivity index is 2.23. The van der Waals surface area contributed by atoms with Crippen LogP contribution in [0.3, 0.4) is 0 Å². The van der Waals surface area contributed by atoms with E-state index in [0.717, 1.165) is 36.9 Å². The van der Waals surface area contributed by atoms with Crippen LogP contribution in [0, 0.1) is 19.8 Å². The number of anilines is 2. The monoisotopic (exact) mass is 265 g/mol. The van der Waals surface area contributed by atoms with Crippen LogP contribution in [0.1, 0.15) is 24.2 Å². The molecule has 1 fully saturated rings. The maximum atomic E-state index is 5.51. The van der Waals surface area contributed by atoms with Gasteiger partial charge >= 0.3 is 0 Å². The topological polar surface area (TPSA) is 76.3 Å². The van der Waals surface area contributed by atoms with Gasteiger partial charge in [0.15, 0.2) is 0 Å². The Kier molecular flexibility index (Phi) is 4.55. The molecule has 3 N–H and O–H groups in total. The second-order valence-electron chi connectivity index (χ2n) is 5.12. The molecule has 0 bridgehead atoms. The lowest BCUT2D eigenvalue weighted by Crippen LogP contribution is -2.38. The van der Waals surface area contributed by atoms with Gasteiger partial charge in [-0.15, -0.1) is 0 Å². The van der Waals surface area contributed by atoms with Gasteiger partial charge in [-0.1, -0.05) is 0 Å². The zero-order chi connectivity index (χ0) is 13.8. The Morgan fingerprint density at radius 2 is 2.21 bits per heavy atom. The van der Waals surface area contributed by atoms with E-state index in [0.29, 0.717) is 11.7 Å². The van der Waals surface area contributed by atoms with Gasteiger partial charge in [-0.3, -0.25) is 0 Å². The maximum absolute atomic E-state index is 5.51. The van der Waals surface area contributed by atoms with E-state index in [1.54, 1.807) is 7.11 Å². The Morgan fingerprint density at radius 1 is 1.42 bits per heavy atom. The molecule has 0 aromatic carbocycles. The lowest BCUT2D eigenvalue weighted by atomic mass is 9.98. The van der Waals surface area contributed by atoms with Gasteiger partial charge in [0.1, 0.15) is 17.5 Å². The van der Waals surface area contributed by atoms with E-state index in [1.165, 1.54) is 12.8 Å². The van der Waals surface area contributed by atoms with Crippen LogP contribution in [0.4, 0.5) is 11.6 Å². The average Bonchev–Trinajstić information content (AvgIpc) is 2.41. The first kappa shape index (κ1) is 14.0. The molecular weight excluding hydrogens is 242 g/mol. The standard InChI is InChI=1S/C13H23N5O/c1-9-12(17-14)15-10(2)16-13(9)18-6-4-5-11(7-18)8-19-3/h11H,4-8,14H2,1-3H3,(H,15,16,17). The van der Waals surface area contributed by atoms with E-state index < -0.39 is 0 Å². The molecule has 2 heterocycles. The van der Waals surface area contributed by atoms with Crippen molar-refractivity contribution in [1.29, 1.82) is 0 Å². The third-order valence-corrected chi connectivity index (χ3v) is 3.59. The van der Waals surface area contributed by atoms with Crippen molar-refractivity contribution >= 4 is 11.6 Å². The fourth-order valence-corrected chi connectivity index (χ4v) is 2.69. The van der Waals surface area contributed by atoms with Gasteiger partial charge in [0.2, 0.25) is 0 Å². The van der Waals surface area contributed by atoms with Crippen molar-refractivity contribution in [2.75, 3.05) is 37.1 Å². The van der Waals surface area contributed by atoms with Crippen LogP contribution in [0.25, 0.3) is 0 Å². The van der Waals surface area contributed by atoms with Crippen molar-refractivity contribution in [3.8, 4) is 0 Å². The van der Waals surface area contributed by atoms with Gasteiger partial charge in [0.25, 0.3) is 0 Å². The largest absolute Gasteiger partial charge is 0.384 e. The van der Waals surface area contributed by atoms with E-state index in [2.05, 4.69) is 20.3 Å². The molecule has 19 heavy (non-hydrogen) atoms. The van der Waals surface area contributed by atoms with Gasteiger partial charge in [-0.2, -0.15) is 0 Å². The molecule has 1 unspecified atom stereocenters. The zero-order valence-corrected chi connectivity index (χ0v) is 11.9. The molecule has 0 saturated carbocycles. The molecule has 6 heteroatoms. The molecule has 1 aromatic rings. The summed E-state index contributed by atoms with van der Waals surface area (Å²) in [5.74, 6) is 8.52. The number of nitrogens with zero attached hydrogens (tertiary/aromatic N) is 3. The Labute approximate surface area is 114 Å². The molecule has 0 spiro atoms. The summed E-state index contributed by atoms with van der Waals surface area (Å²) in [6, 6.07) is 0. The normalized spacial score (nSPS) is 19.6. The van der Waals surface area contributed by atoms with E-state index >= 15 is 0 Å². The van der Waals surface area contributed by atoms with Crippen LogP contribution in [-0.2, 0) is 4.74 Å². The lowest BCUT2D eigenvalue weighted by molar-refractivity contribution is 0.143. The number of ether oxygens (including phenoxy) is 1. The number of aromatic nitrogens is 2. The highest BCUT2D eigenvalue weighted by molar-refractivity contribution is 5.58. The molecule has 106 valence electrons. The molecule has 1 aliphatic rings. The quantitative estimate of drug-likeness (QED) is 0.630. The van der Waals surface area contributed by atoms with Crippen LogP contribution in [0.15, 0.2) is 0 Å². The molecule has 2 rings (SSSR count). The Hall–Kier alpha value is -1.40. The minimum atomic E-state index is 0.572. The summed E-state index contributed by atoms with van der Waals surface area (Å²) >= 11 is 0. The number of hydrazine groups is 1. The summed E-state index contributed by atoms with van der Waals surface area (Å²) in [5, 5.41) is 0. The molecule has 1 saturated heterocycles. The van der Waals surface area contributed by atoms with Crippen molar-refractivity contribution in [3.63, 3.8) is 0 Å². The molecule has 1 aromatic heterocycles. The molecule has 0 radical (unpaired) electrons. The van der Waals surface area contributed by atoms with E-state index in [1.807, 2.05) is 13.8 Å². The Bertz CT molecular complexity index is 435. The Morgan fingerprint density at radius 3 is 2.89 bits per heavy atom. The van der Waals surface area contributed by atoms with Crippen LogP contribution >= 0.6 is 0 Å². The van der Waals surface area contributed by atoms with Crippen LogP contribution in [-0.4, -0.2) is 36.8 Å². The van der Waals surface area contributed by atoms with Gasteiger partial charge in [-0.05, 0) is 32.6 Å². The van der Waals surface area contributed by atoms with Gasteiger partial charge in [0, 0.05) is 25.8 Å². The number of nitrogen functional groups attached to an aromatic ring is 1.